The molecule has 0 atom stereocenters. The highest BCUT2D eigenvalue weighted by Crippen LogP contribution is 2.22. The number of carbonyl (C=O) groups excluding carboxylic acids is 2. The molecule has 0 aliphatic heterocycles. The van der Waals surface area contributed by atoms with Crippen LogP contribution in [0.5, 0.6) is 5.75 Å². The summed E-state index contributed by atoms with van der Waals surface area (Å²) in [6, 6.07) is 13.4. The van der Waals surface area contributed by atoms with E-state index in [2.05, 4.69) is 35.4 Å². The van der Waals surface area contributed by atoms with Gasteiger partial charge in [-0.25, -0.2) is 0 Å². The summed E-state index contributed by atoms with van der Waals surface area (Å²) in [5, 5.41) is 5.40. The molecule has 2 N–H and O–H groups in total. The molecule has 28 heavy (non-hydrogen) atoms. The highest BCUT2D eigenvalue weighted by Gasteiger charge is 2.10. The highest BCUT2D eigenvalue weighted by atomic mass is 16.5. The Hall–Kier alpha value is -3.02. The fourth-order valence-corrected chi connectivity index (χ4v) is 2.78. The van der Waals surface area contributed by atoms with Crippen molar-refractivity contribution in [1.82, 2.24) is 5.32 Å². The molecule has 0 radical (unpaired) electrons. The molecule has 150 valence electrons. The minimum absolute atomic E-state index is 0.104. The first kappa shape index (κ1) is 21.3. The number of aryl methyl sites for hydroxylation is 2. The maximum atomic E-state index is 12.1. The predicted octanol–water partition coefficient (Wildman–Crippen LogP) is 3.28. The van der Waals surface area contributed by atoms with Crippen LogP contribution >= 0.6 is 0 Å². The quantitative estimate of drug-likeness (QED) is 0.697. The van der Waals surface area contributed by atoms with Gasteiger partial charge in [-0.2, -0.15) is 0 Å². The van der Waals surface area contributed by atoms with Crippen LogP contribution in [0, 0.1) is 13.8 Å². The second-order valence-electron chi connectivity index (χ2n) is 6.60. The van der Waals surface area contributed by atoms with E-state index >= 15 is 0 Å². The Kier molecular flexibility index (Phi) is 7.87. The second-order valence-corrected chi connectivity index (χ2v) is 6.60. The fraction of sp³-hybridized carbons (Fsp3) is 0.364. The van der Waals surface area contributed by atoms with Crippen molar-refractivity contribution in [3.63, 3.8) is 0 Å². The topological polar surface area (TPSA) is 70.7 Å². The van der Waals surface area contributed by atoms with Crippen LogP contribution in [0.15, 0.2) is 42.5 Å². The van der Waals surface area contributed by atoms with Gasteiger partial charge in [-0.1, -0.05) is 17.7 Å². The van der Waals surface area contributed by atoms with Crippen molar-refractivity contribution in [2.75, 3.05) is 36.5 Å². The number of carbonyl (C=O) groups is 2. The van der Waals surface area contributed by atoms with Gasteiger partial charge < -0.3 is 20.3 Å². The molecular weight excluding hydrogens is 354 g/mol. The molecule has 0 aliphatic carbocycles. The van der Waals surface area contributed by atoms with Gasteiger partial charge in [-0.15, -0.1) is 0 Å². The zero-order valence-corrected chi connectivity index (χ0v) is 17.0. The summed E-state index contributed by atoms with van der Waals surface area (Å²) in [6.45, 7) is 9.78. The van der Waals surface area contributed by atoms with Crippen LogP contribution in [-0.4, -0.2) is 38.1 Å². The molecule has 0 spiro atoms. The molecule has 6 heteroatoms. The van der Waals surface area contributed by atoms with Crippen molar-refractivity contribution in [1.29, 1.82) is 0 Å². The van der Waals surface area contributed by atoms with E-state index in [9.17, 15) is 9.59 Å². The molecule has 0 saturated carbocycles. The van der Waals surface area contributed by atoms with Crippen LogP contribution < -0.4 is 20.3 Å². The predicted molar refractivity (Wildman–Crippen MR) is 113 cm³/mol. The van der Waals surface area contributed by atoms with Crippen molar-refractivity contribution in [2.24, 2.45) is 0 Å². The van der Waals surface area contributed by atoms with E-state index in [1.165, 1.54) is 0 Å². The molecule has 2 aromatic carbocycles. The van der Waals surface area contributed by atoms with Gasteiger partial charge in [-0.3, -0.25) is 9.59 Å². The van der Waals surface area contributed by atoms with Crippen molar-refractivity contribution in [2.45, 2.75) is 27.7 Å². The van der Waals surface area contributed by atoms with Crippen molar-refractivity contribution in [3.8, 4) is 5.75 Å². The number of amides is 2. The van der Waals surface area contributed by atoms with E-state index in [1.54, 1.807) is 12.1 Å². The summed E-state index contributed by atoms with van der Waals surface area (Å²) < 4.78 is 5.40. The van der Waals surface area contributed by atoms with Crippen LogP contribution in [0.3, 0.4) is 0 Å². The van der Waals surface area contributed by atoms with E-state index < -0.39 is 0 Å². The van der Waals surface area contributed by atoms with Crippen LogP contribution in [0.4, 0.5) is 11.4 Å². The fourth-order valence-electron chi connectivity index (χ4n) is 2.78. The SMILES string of the molecule is CCN(CC)c1ccc(NC(=O)CNC(=O)COc2ccc(C)cc2)c(C)c1. The smallest absolute Gasteiger partial charge is 0.258 e. The summed E-state index contributed by atoms with van der Waals surface area (Å²) in [5.41, 5.74) is 3.97. The number of nitrogens with one attached hydrogen (secondary N) is 2. The second kappa shape index (κ2) is 10.3. The van der Waals surface area contributed by atoms with Crippen LogP contribution in [0.25, 0.3) is 0 Å². The molecule has 0 aliphatic rings. The van der Waals surface area contributed by atoms with Gasteiger partial charge in [0, 0.05) is 24.5 Å². The van der Waals surface area contributed by atoms with Gasteiger partial charge in [0.2, 0.25) is 5.91 Å². The van der Waals surface area contributed by atoms with Gasteiger partial charge in [0.15, 0.2) is 6.61 Å². The summed E-state index contributed by atoms with van der Waals surface area (Å²) in [4.78, 5) is 26.2. The molecule has 2 aromatic rings. The van der Waals surface area contributed by atoms with Gasteiger partial charge in [-0.05, 0) is 63.6 Å². The van der Waals surface area contributed by atoms with Crippen molar-refractivity contribution < 1.29 is 14.3 Å². The normalized spacial score (nSPS) is 10.3. The van der Waals surface area contributed by atoms with Crippen LogP contribution in [0.1, 0.15) is 25.0 Å². The molecule has 0 heterocycles. The van der Waals surface area contributed by atoms with Gasteiger partial charge in [0.05, 0.1) is 6.54 Å². The lowest BCUT2D eigenvalue weighted by atomic mass is 10.1. The number of benzene rings is 2. The van der Waals surface area contributed by atoms with Crippen LogP contribution in [0.2, 0.25) is 0 Å². The first-order chi connectivity index (χ1) is 13.4. The third kappa shape index (κ3) is 6.30. The van der Waals surface area contributed by atoms with Gasteiger partial charge in [0.25, 0.3) is 5.91 Å². The van der Waals surface area contributed by atoms with E-state index in [0.29, 0.717) is 5.75 Å². The molecular formula is C22H29N3O3. The standard InChI is InChI=1S/C22H29N3O3/c1-5-25(6-2)18-9-12-20(17(4)13-18)24-21(26)14-23-22(27)15-28-19-10-7-16(3)8-11-19/h7-13H,5-6,14-15H2,1-4H3,(H,23,27)(H,24,26). The van der Waals surface area contributed by atoms with Crippen molar-refractivity contribution in [3.05, 3.63) is 53.6 Å². The number of ether oxygens (including phenoxy) is 1. The molecule has 0 bridgehead atoms. The number of rotatable bonds is 9. The maximum absolute atomic E-state index is 12.1. The summed E-state index contributed by atoms with van der Waals surface area (Å²) in [6.07, 6.45) is 0. The third-order valence-corrected chi connectivity index (χ3v) is 4.45. The van der Waals surface area contributed by atoms with Gasteiger partial charge >= 0.3 is 0 Å². The van der Waals surface area contributed by atoms with E-state index in [-0.39, 0.29) is 25.0 Å². The van der Waals surface area contributed by atoms with E-state index in [1.807, 2.05) is 38.1 Å². The lowest BCUT2D eigenvalue weighted by Crippen LogP contribution is -2.35. The summed E-state index contributed by atoms with van der Waals surface area (Å²) in [7, 11) is 0. The lowest BCUT2D eigenvalue weighted by molar-refractivity contribution is -0.125. The Labute approximate surface area is 166 Å². The third-order valence-electron chi connectivity index (χ3n) is 4.45. The highest BCUT2D eigenvalue weighted by molar-refractivity contribution is 5.95. The van der Waals surface area contributed by atoms with E-state index in [0.717, 1.165) is 35.6 Å². The molecule has 2 rings (SSSR count). The largest absolute Gasteiger partial charge is 0.484 e. The first-order valence-electron chi connectivity index (χ1n) is 9.54. The minimum Gasteiger partial charge on any atom is -0.484 e. The Morgan fingerprint density at radius 2 is 1.64 bits per heavy atom. The maximum Gasteiger partial charge on any atom is 0.258 e. The Morgan fingerprint density at radius 3 is 2.25 bits per heavy atom. The molecule has 0 aromatic heterocycles. The lowest BCUT2D eigenvalue weighted by Gasteiger charge is -2.22. The average molecular weight is 383 g/mol. The summed E-state index contributed by atoms with van der Waals surface area (Å²) in [5.74, 6) is 0.000761. The molecule has 0 unspecified atom stereocenters. The number of anilines is 2. The number of nitrogens with zero attached hydrogens (tertiary/aromatic N) is 1. The van der Waals surface area contributed by atoms with Gasteiger partial charge in [0.1, 0.15) is 5.75 Å². The van der Waals surface area contributed by atoms with Crippen LogP contribution in [-0.2, 0) is 9.59 Å². The Morgan fingerprint density at radius 1 is 0.964 bits per heavy atom. The Bertz CT molecular complexity index is 799. The monoisotopic (exact) mass is 383 g/mol. The zero-order valence-electron chi connectivity index (χ0n) is 17.0. The van der Waals surface area contributed by atoms with Crippen molar-refractivity contribution >= 4 is 23.2 Å². The molecule has 0 fully saturated rings. The first-order valence-corrected chi connectivity index (χ1v) is 9.54. The zero-order chi connectivity index (χ0) is 20.5. The molecule has 6 nitrogen and oxygen atoms in total. The Balaban J connectivity index is 1.80. The van der Waals surface area contributed by atoms with E-state index in [4.69, 9.17) is 4.74 Å². The molecule has 0 saturated heterocycles. The average Bonchev–Trinajstić information content (AvgIpc) is 2.69. The number of hydrogen-bond donors (Lipinski definition) is 2. The number of hydrogen-bond acceptors (Lipinski definition) is 4. The molecule has 2 amide bonds. The minimum atomic E-state index is -0.343. The summed E-state index contributed by atoms with van der Waals surface area (Å²) >= 11 is 0.